The zero-order valence-electron chi connectivity index (χ0n) is 13.4. The summed E-state index contributed by atoms with van der Waals surface area (Å²) in [6.07, 6.45) is 5.98. The number of urea groups is 1. The maximum absolute atomic E-state index is 12.1. The fourth-order valence-corrected chi connectivity index (χ4v) is 3.31. The molecular weight excluding hydrogens is 306 g/mol. The molecule has 2 aromatic rings. The number of fused-ring (bicyclic) bond motifs is 1. The van der Waals surface area contributed by atoms with Crippen molar-refractivity contribution in [2.24, 2.45) is 0 Å². The van der Waals surface area contributed by atoms with Gasteiger partial charge in [-0.2, -0.15) is 0 Å². The summed E-state index contributed by atoms with van der Waals surface area (Å²) in [7, 11) is 0. The molecule has 4 rings (SSSR count). The fourth-order valence-electron chi connectivity index (χ4n) is 3.31. The summed E-state index contributed by atoms with van der Waals surface area (Å²) in [5, 5.41) is 15.2. The number of rotatable bonds is 3. The van der Waals surface area contributed by atoms with Crippen LogP contribution in [0.5, 0.6) is 0 Å². The Balaban J connectivity index is 1.47. The molecule has 7 heteroatoms. The standard InChI is InChI=1S/C17H21N5O2/c23-13-9-22(10-13)12-7-15-14(18-8-12)5-6-16(20-15)21-17(24)19-11-3-1-2-4-11/h5-8,11,13,23H,1-4,9-10H2,(H2,19,20,21,24). The van der Waals surface area contributed by atoms with Crippen molar-refractivity contribution in [1.82, 2.24) is 15.3 Å². The van der Waals surface area contributed by atoms with Gasteiger partial charge in [-0.25, -0.2) is 9.78 Å². The SMILES string of the molecule is O=C(Nc1ccc2ncc(N3CC(O)C3)cc2n1)NC1CCCC1. The van der Waals surface area contributed by atoms with E-state index in [4.69, 9.17) is 0 Å². The fraction of sp³-hybridized carbons (Fsp3) is 0.471. The molecule has 0 atom stereocenters. The molecule has 0 unspecified atom stereocenters. The highest BCUT2D eigenvalue weighted by Crippen LogP contribution is 2.24. The Morgan fingerprint density at radius 1 is 1.21 bits per heavy atom. The van der Waals surface area contributed by atoms with Gasteiger partial charge in [-0.05, 0) is 31.0 Å². The topological polar surface area (TPSA) is 90.4 Å². The molecule has 0 radical (unpaired) electrons. The van der Waals surface area contributed by atoms with E-state index in [1.54, 1.807) is 12.3 Å². The molecule has 2 aliphatic rings. The lowest BCUT2D eigenvalue weighted by molar-refractivity contribution is 0.142. The van der Waals surface area contributed by atoms with Crippen molar-refractivity contribution < 1.29 is 9.90 Å². The minimum absolute atomic E-state index is 0.205. The van der Waals surface area contributed by atoms with Gasteiger partial charge in [0.1, 0.15) is 5.82 Å². The first kappa shape index (κ1) is 15.1. The Bertz CT molecular complexity index is 754. The molecule has 1 aliphatic heterocycles. The summed E-state index contributed by atoms with van der Waals surface area (Å²) in [6.45, 7) is 1.24. The number of aliphatic hydroxyl groups excluding tert-OH is 1. The van der Waals surface area contributed by atoms with Crippen LogP contribution >= 0.6 is 0 Å². The summed E-state index contributed by atoms with van der Waals surface area (Å²) >= 11 is 0. The van der Waals surface area contributed by atoms with Crippen LogP contribution in [0.2, 0.25) is 0 Å². The number of aliphatic hydroxyl groups is 1. The second-order valence-corrected chi connectivity index (χ2v) is 6.57. The summed E-state index contributed by atoms with van der Waals surface area (Å²) in [5.74, 6) is 0.514. The minimum atomic E-state index is -0.263. The van der Waals surface area contributed by atoms with E-state index in [0.29, 0.717) is 18.9 Å². The van der Waals surface area contributed by atoms with Crippen molar-refractivity contribution in [2.45, 2.75) is 37.8 Å². The summed E-state index contributed by atoms with van der Waals surface area (Å²) in [6, 6.07) is 5.62. The minimum Gasteiger partial charge on any atom is -0.389 e. The van der Waals surface area contributed by atoms with Gasteiger partial charge in [-0.15, -0.1) is 0 Å². The van der Waals surface area contributed by atoms with E-state index in [9.17, 15) is 9.90 Å². The molecule has 2 amide bonds. The van der Waals surface area contributed by atoms with Gasteiger partial charge in [0.05, 0.1) is 29.0 Å². The van der Waals surface area contributed by atoms with Crippen LogP contribution in [0.1, 0.15) is 25.7 Å². The molecule has 2 fully saturated rings. The molecule has 7 nitrogen and oxygen atoms in total. The van der Waals surface area contributed by atoms with Gasteiger partial charge in [0.15, 0.2) is 0 Å². The monoisotopic (exact) mass is 327 g/mol. The molecule has 3 heterocycles. The van der Waals surface area contributed by atoms with E-state index in [2.05, 4.69) is 20.6 Å². The zero-order chi connectivity index (χ0) is 16.5. The van der Waals surface area contributed by atoms with Crippen LogP contribution < -0.4 is 15.5 Å². The lowest BCUT2D eigenvalue weighted by Gasteiger charge is -2.37. The van der Waals surface area contributed by atoms with Gasteiger partial charge in [0, 0.05) is 19.1 Å². The number of hydrogen-bond acceptors (Lipinski definition) is 5. The number of carbonyl (C=O) groups is 1. The Morgan fingerprint density at radius 3 is 2.75 bits per heavy atom. The first-order chi connectivity index (χ1) is 11.7. The van der Waals surface area contributed by atoms with Crippen LogP contribution in [-0.4, -0.2) is 46.3 Å². The molecule has 1 aliphatic carbocycles. The number of pyridine rings is 2. The highest BCUT2D eigenvalue weighted by atomic mass is 16.3. The Labute approximate surface area is 140 Å². The second kappa shape index (κ2) is 6.24. The van der Waals surface area contributed by atoms with Crippen molar-refractivity contribution in [1.29, 1.82) is 0 Å². The van der Waals surface area contributed by atoms with Crippen LogP contribution in [-0.2, 0) is 0 Å². The number of carbonyl (C=O) groups excluding carboxylic acids is 1. The Kier molecular flexibility index (Phi) is 3.93. The van der Waals surface area contributed by atoms with Crippen LogP contribution in [0.4, 0.5) is 16.3 Å². The molecule has 0 bridgehead atoms. The van der Waals surface area contributed by atoms with Crippen LogP contribution in [0.15, 0.2) is 24.4 Å². The van der Waals surface area contributed by atoms with Gasteiger partial charge in [0.2, 0.25) is 0 Å². The van der Waals surface area contributed by atoms with Gasteiger partial charge in [-0.3, -0.25) is 10.3 Å². The Hall–Kier alpha value is -2.41. The van der Waals surface area contributed by atoms with E-state index >= 15 is 0 Å². The second-order valence-electron chi connectivity index (χ2n) is 6.57. The number of nitrogens with zero attached hydrogens (tertiary/aromatic N) is 3. The average Bonchev–Trinajstić information content (AvgIpc) is 3.04. The maximum atomic E-state index is 12.1. The van der Waals surface area contributed by atoms with Gasteiger partial charge < -0.3 is 15.3 Å². The van der Waals surface area contributed by atoms with Crippen LogP contribution in [0.25, 0.3) is 11.0 Å². The number of β-amino-alcohol motifs (C(OH)–C–C–N with tert-alkyl or cyclic N) is 1. The van der Waals surface area contributed by atoms with Crippen molar-refractivity contribution in [2.75, 3.05) is 23.3 Å². The maximum Gasteiger partial charge on any atom is 0.320 e. The smallest absolute Gasteiger partial charge is 0.320 e. The predicted molar refractivity (Wildman–Crippen MR) is 92.2 cm³/mol. The van der Waals surface area contributed by atoms with Crippen molar-refractivity contribution in [3.05, 3.63) is 24.4 Å². The molecule has 1 saturated heterocycles. The normalized spacial score (nSPS) is 18.6. The third-order valence-corrected chi connectivity index (χ3v) is 4.68. The van der Waals surface area contributed by atoms with Crippen molar-refractivity contribution in [3.8, 4) is 0 Å². The number of anilines is 2. The molecule has 3 N–H and O–H groups in total. The zero-order valence-corrected chi connectivity index (χ0v) is 13.4. The predicted octanol–water partition coefficient (Wildman–Crippen LogP) is 1.87. The van der Waals surface area contributed by atoms with E-state index < -0.39 is 0 Å². The molecule has 24 heavy (non-hydrogen) atoms. The highest BCUT2D eigenvalue weighted by molar-refractivity contribution is 5.90. The highest BCUT2D eigenvalue weighted by Gasteiger charge is 2.25. The lowest BCUT2D eigenvalue weighted by atomic mass is 10.1. The molecule has 126 valence electrons. The van der Waals surface area contributed by atoms with Crippen molar-refractivity contribution in [3.63, 3.8) is 0 Å². The number of amides is 2. The van der Waals surface area contributed by atoms with Gasteiger partial charge in [-0.1, -0.05) is 12.8 Å². The van der Waals surface area contributed by atoms with E-state index in [1.807, 2.05) is 17.0 Å². The quantitative estimate of drug-likeness (QED) is 0.801. The number of aromatic nitrogens is 2. The molecule has 1 saturated carbocycles. The average molecular weight is 327 g/mol. The van der Waals surface area contributed by atoms with Crippen LogP contribution in [0, 0.1) is 0 Å². The largest absolute Gasteiger partial charge is 0.389 e. The van der Waals surface area contributed by atoms with Gasteiger partial charge in [0.25, 0.3) is 0 Å². The summed E-state index contributed by atoms with van der Waals surface area (Å²) in [5.41, 5.74) is 2.45. The first-order valence-corrected chi connectivity index (χ1v) is 8.45. The van der Waals surface area contributed by atoms with E-state index in [0.717, 1.165) is 29.6 Å². The number of hydrogen-bond donors (Lipinski definition) is 3. The first-order valence-electron chi connectivity index (χ1n) is 8.45. The molecule has 0 spiro atoms. The third-order valence-electron chi connectivity index (χ3n) is 4.68. The van der Waals surface area contributed by atoms with E-state index in [-0.39, 0.29) is 18.2 Å². The summed E-state index contributed by atoms with van der Waals surface area (Å²) < 4.78 is 0. The van der Waals surface area contributed by atoms with Crippen molar-refractivity contribution >= 4 is 28.6 Å². The molecule has 2 aromatic heterocycles. The third kappa shape index (κ3) is 3.12. The molecular formula is C17H21N5O2. The van der Waals surface area contributed by atoms with Gasteiger partial charge >= 0.3 is 6.03 Å². The molecule has 0 aromatic carbocycles. The number of nitrogens with one attached hydrogen (secondary N) is 2. The summed E-state index contributed by atoms with van der Waals surface area (Å²) in [4.78, 5) is 23.0. The van der Waals surface area contributed by atoms with E-state index in [1.165, 1.54) is 12.8 Å². The Morgan fingerprint density at radius 2 is 2.00 bits per heavy atom. The van der Waals surface area contributed by atoms with Crippen LogP contribution in [0.3, 0.4) is 0 Å². The lowest BCUT2D eigenvalue weighted by Crippen LogP contribution is -2.50.